The zero-order valence-corrected chi connectivity index (χ0v) is 12.9. The summed E-state index contributed by atoms with van der Waals surface area (Å²) in [5.41, 5.74) is 1.17. The number of piperazine rings is 1. The van der Waals surface area contributed by atoms with Crippen molar-refractivity contribution in [1.82, 2.24) is 19.9 Å². The molecule has 3 rings (SSSR count). The van der Waals surface area contributed by atoms with Crippen molar-refractivity contribution in [2.75, 3.05) is 31.1 Å². The highest BCUT2D eigenvalue weighted by Gasteiger charge is 2.19. The summed E-state index contributed by atoms with van der Waals surface area (Å²) in [7, 11) is 0. The predicted molar refractivity (Wildman–Crippen MR) is 83.8 cm³/mol. The fourth-order valence-electron chi connectivity index (χ4n) is 2.41. The molecule has 1 aliphatic heterocycles. The van der Waals surface area contributed by atoms with Gasteiger partial charge in [-0.2, -0.15) is 0 Å². The van der Waals surface area contributed by atoms with Crippen LogP contribution in [0.4, 0.5) is 5.82 Å². The Labute approximate surface area is 133 Å². The van der Waals surface area contributed by atoms with Crippen molar-refractivity contribution in [1.29, 1.82) is 0 Å². The van der Waals surface area contributed by atoms with Crippen molar-refractivity contribution in [3.05, 3.63) is 46.6 Å². The first-order valence-corrected chi connectivity index (χ1v) is 7.51. The molecule has 0 amide bonds. The Morgan fingerprint density at radius 1 is 1.00 bits per heavy atom. The van der Waals surface area contributed by atoms with Crippen LogP contribution in [0.25, 0.3) is 0 Å². The molecule has 2 aromatic rings. The number of pyridine rings is 1. The number of halogens is 2. The van der Waals surface area contributed by atoms with Gasteiger partial charge in [-0.05, 0) is 11.6 Å². The summed E-state index contributed by atoms with van der Waals surface area (Å²) in [4.78, 5) is 16.9. The van der Waals surface area contributed by atoms with Gasteiger partial charge in [-0.3, -0.25) is 4.90 Å². The van der Waals surface area contributed by atoms with Crippen molar-refractivity contribution in [3.63, 3.8) is 0 Å². The Morgan fingerprint density at radius 3 is 2.48 bits per heavy atom. The molecule has 3 heterocycles. The zero-order valence-electron chi connectivity index (χ0n) is 11.4. The number of anilines is 1. The van der Waals surface area contributed by atoms with E-state index in [0.29, 0.717) is 10.2 Å². The molecule has 0 unspecified atom stereocenters. The molecule has 1 aliphatic rings. The molecule has 110 valence electrons. The predicted octanol–water partition coefficient (Wildman–Crippen LogP) is 2.50. The lowest BCUT2D eigenvalue weighted by Gasteiger charge is -2.35. The monoisotopic (exact) mass is 323 g/mol. The molecule has 0 radical (unpaired) electrons. The topological polar surface area (TPSA) is 45.2 Å². The van der Waals surface area contributed by atoms with E-state index in [2.05, 4.69) is 24.8 Å². The van der Waals surface area contributed by atoms with Crippen LogP contribution in [0.2, 0.25) is 10.2 Å². The first-order valence-electron chi connectivity index (χ1n) is 6.75. The summed E-state index contributed by atoms with van der Waals surface area (Å²) in [6, 6.07) is 3.84. The van der Waals surface area contributed by atoms with Gasteiger partial charge in [0.25, 0.3) is 0 Å². The van der Waals surface area contributed by atoms with E-state index in [0.717, 1.165) is 38.5 Å². The third-order valence-corrected chi connectivity index (χ3v) is 4.01. The largest absolute Gasteiger partial charge is 0.353 e. The summed E-state index contributed by atoms with van der Waals surface area (Å²) in [6.07, 6.45) is 5.00. The number of nitrogens with zero attached hydrogens (tertiary/aromatic N) is 5. The molecule has 0 atom stereocenters. The van der Waals surface area contributed by atoms with E-state index >= 15 is 0 Å². The summed E-state index contributed by atoms with van der Waals surface area (Å²) < 4.78 is 0. The number of rotatable bonds is 3. The summed E-state index contributed by atoms with van der Waals surface area (Å²) in [5, 5.41) is 1.13. The molecule has 2 aromatic heterocycles. The van der Waals surface area contributed by atoms with Crippen LogP contribution in [-0.2, 0) is 6.54 Å². The van der Waals surface area contributed by atoms with Crippen LogP contribution in [0.15, 0.2) is 30.9 Å². The van der Waals surface area contributed by atoms with Gasteiger partial charge >= 0.3 is 0 Å². The van der Waals surface area contributed by atoms with Gasteiger partial charge in [-0.1, -0.05) is 29.3 Å². The Hall–Kier alpha value is -1.43. The van der Waals surface area contributed by atoms with Crippen LogP contribution in [0.5, 0.6) is 0 Å². The molecule has 1 fully saturated rings. The van der Waals surface area contributed by atoms with Gasteiger partial charge < -0.3 is 4.90 Å². The van der Waals surface area contributed by atoms with Crippen LogP contribution >= 0.6 is 23.2 Å². The number of hydrogen-bond acceptors (Lipinski definition) is 5. The zero-order chi connectivity index (χ0) is 14.7. The van der Waals surface area contributed by atoms with Crippen LogP contribution in [0.1, 0.15) is 5.56 Å². The van der Waals surface area contributed by atoms with Gasteiger partial charge in [0.05, 0.1) is 6.20 Å². The molecule has 0 bridgehead atoms. The van der Waals surface area contributed by atoms with Crippen molar-refractivity contribution in [3.8, 4) is 0 Å². The van der Waals surface area contributed by atoms with Gasteiger partial charge in [0, 0.05) is 38.9 Å². The van der Waals surface area contributed by atoms with Crippen LogP contribution in [0, 0.1) is 0 Å². The van der Waals surface area contributed by atoms with Crippen LogP contribution in [-0.4, -0.2) is 46.0 Å². The summed E-state index contributed by atoms with van der Waals surface area (Å²) >= 11 is 11.9. The molecule has 5 nitrogen and oxygen atoms in total. The lowest BCUT2D eigenvalue weighted by atomic mass is 10.2. The normalized spacial score (nSPS) is 16.2. The maximum atomic E-state index is 6.14. The highest BCUT2D eigenvalue weighted by Crippen LogP contribution is 2.22. The Bertz CT molecular complexity index is 597. The maximum absolute atomic E-state index is 6.14. The second-order valence-electron chi connectivity index (χ2n) is 4.95. The molecule has 7 heteroatoms. The third kappa shape index (κ3) is 3.61. The van der Waals surface area contributed by atoms with Crippen molar-refractivity contribution in [2.45, 2.75) is 6.54 Å². The Morgan fingerprint density at radius 2 is 1.81 bits per heavy atom. The van der Waals surface area contributed by atoms with Crippen molar-refractivity contribution < 1.29 is 0 Å². The second kappa shape index (κ2) is 6.56. The lowest BCUT2D eigenvalue weighted by molar-refractivity contribution is 0.249. The van der Waals surface area contributed by atoms with Gasteiger partial charge in [0.15, 0.2) is 5.82 Å². The molecule has 0 spiro atoms. The molecule has 0 aliphatic carbocycles. The minimum absolute atomic E-state index is 0.530. The summed E-state index contributed by atoms with van der Waals surface area (Å²) in [5.74, 6) is 0.819. The highest BCUT2D eigenvalue weighted by atomic mass is 35.5. The average molecular weight is 324 g/mol. The fraction of sp³-hybridized carbons (Fsp3) is 0.357. The van der Waals surface area contributed by atoms with Crippen LogP contribution in [0.3, 0.4) is 0 Å². The minimum atomic E-state index is 0.530. The van der Waals surface area contributed by atoms with E-state index < -0.39 is 0 Å². The molecule has 21 heavy (non-hydrogen) atoms. The minimum Gasteiger partial charge on any atom is -0.353 e. The maximum Gasteiger partial charge on any atom is 0.150 e. The average Bonchev–Trinajstić information content (AvgIpc) is 2.51. The van der Waals surface area contributed by atoms with Gasteiger partial charge in [0.1, 0.15) is 16.5 Å². The highest BCUT2D eigenvalue weighted by molar-refractivity contribution is 6.32. The Balaban J connectivity index is 1.58. The number of hydrogen-bond donors (Lipinski definition) is 0. The lowest BCUT2D eigenvalue weighted by Crippen LogP contribution is -2.46. The van der Waals surface area contributed by atoms with E-state index in [-0.39, 0.29) is 0 Å². The third-order valence-electron chi connectivity index (χ3n) is 3.51. The molecule has 0 N–H and O–H groups in total. The quantitative estimate of drug-likeness (QED) is 0.812. The molecular weight excluding hydrogens is 309 g/mol. The van der Waals surface area contributed by atoms with E-state index in [9.17, 15) is 0 Å². The van der Waals surface area contributed by atoms with Crippen LogP contribution < -0.4 is 4.90 Å². The first-order chi connectivity index (χ1) is 10.2. The SMILES string of the molecule is Clc1ccc(CN2CCN(c3ncncc3Cl)CC2)cn1. The van der Waals surface area contributed by atoms with E-state index in [4.69, 9.17) is 23.2 Å². The van der Waals surface area contributed by atoms with E-state index in [1.807, 2.05) is 18.3 Å². The molecule has 1 saturated heterocycles. The van der Waals surface area contributed by atoms with Gasteiger partial charge in [-0.25, -0.2) is 15.0 Å². The standard InChI is InChI=1S/C14H15Cl2N5/c15-12-8-17-10-19-14(12)21-5-3-20(4-6-21)9-11-1-2-13(16)18-7-11/h1-2,7-8,10H,3-6,9H2. The van der Waals surface area contributed by atoms with Gasteiger partial charge in [0.2, 0.25) is 0 Å². The second-order valence-corrected chi connectivity index (χ2v) is 5.74. The first kappa shape index (κ1) is 14.5. The van der Waals surface area contributed by atoms with E-state index in [1.54, 1.807) is 6.20 Å². The van der Waals surface area contributed by atoms with E-state index in [1.165, 1.54) is 11.9 Å². The van der Waals surface area contributed by atoms with Crippen molar-refractivity contribution >= 4 is 29.0 Å². The van der Waals surface area contributed by atoms with Crippen molar-refractivity contribution in [2.24, 2.45) is 0 Å². The van der Waals surface area contributed by atoms with Gasteiger partial charge in [-0.15, -0.1) is 0 Å². The molecular formula is C14H15Cl2N5. The Kier molecular flexibility index (Phi) is 4.53. The number of aromatic nitrogens is 3. The summed E-state index contributed by atoms with van der Waals surface area (Å²) in [6.45, 7) is 4.61. The smallest absolute Gasteiger partial charge is 0.150 e. The molecule has 0 aromatic carbocycles. The fourth-order valence-corrected chi connectivity index (χ4v) is 2.75. The molecule has 0 saturated carbocycles.